The molecule has 0 unspecified atom stereocenters. The Morgan fingerprint density at radius 2 is 2.42 bits per heavy atom. The first kappa shape index (κ1) is 8.84. The molecule has 0 radical (unpaired) electrons. The third-order valence-corrected chi connectivity index (χ3v) is 1.72. The summed E-state index contributed by atoms with van der Waals surface area (Å²) in [5.74, 6) is 0. The first-order valence-corrected chi connectivity index (χ1v) is 4.03. The summed E-state index contributed by atoms with van der Waals surface area (Å²) < 4.78 is 4.95. The fourth-order valence-corrected chi connectivity index (χ4v) is 0.855. The van der Waals surface area contributed by atoms with Crippen LogP contribution in [0.1, 0.15) is 19.4 Å². The van der Waals surface area contributed by atoms with Crippen molar-refractivity contribution in [1.82, 2.24) is 5.01 Å². The lowest BCUT2D eigenvalue weighted by Gasteiger charge is -2.09. The molecule has 1 heterocycles. The van der Waals surface area contributed by atoms with Crippen LogP contribution in [-0.4, -0.2) is 24.3 Å². The molecule has 0 spiro atoms. The molecule has 0 fully saturated rings. The summed E-state index contributed by atoms with van der Waals surface area (Å²) in [4.78, 5) is 0. The predicted molar refractivity (Wildman–Crippen MR) is 49.2 cm³/mol. The van der Waals surface area contributed by atoms with Crippen LogP contribution in [0, 0.1) is 0 Å². The molecule has 0 atom stereocenters. The predicted octanol–water partition coefficient (Wildman–Crippen LogP) is 1.96. The lowest BCUT2D eigenvalue weighted by Crippen LogP contribution is -2.12. The average molecular weight is 166 g/mol. The Balaban J connectivity index is 2.71. The van der Waals surface area contributed by atoms with Gasteiger partial charge in [0.15, 0.2) is 0 Å². The van der Waals surface area contributed by atoms with Crippen LogP contribution in [0.5, 0.6) is 0 Å². The number of hydrogen-bond donors (Lipinski definition) is 0. The van der Waals surface area contributed by atoms with Crippen molar-refractivity contribution in [1.29, 1.82) is 0 Å². The van der Waals surface area contributed by atoms with E-state index in [9.17, 15) is 0 Å². The van der Waals surface area contributed by atoms with Gasteiger partial charge in [0.25, 0.3) is 0 Å². The van der Waals surface area contributed by atoms with Crippen LogP contribution in [0.15, 0.2) is 28.1 Å². The van der Waals surface area contributed by atoms with Gasteiger partial charge in [-0.3, -0.25) is 0 Å². The minimum atomic E-state index is 0.912. The van der Waals surface area contributed by atoms with E-state index in [1.54, 1.807) is 12.5 Å². The first-order valence-electron chi connectivity index (χ1n) is 4.03. The maximum atomic E-state index is 4.95. The van der Waals surface area contributed by atoms with Crippen LogP contribution in [0.2, 0.25) is 0 Å². The van der Waals surface area contributed by atoms with E-state index in [0.717, 1.165) is 17.8 Å². The lowest BCUT2D eigenvalue weighted by atomic mass is 10.2. The van der Waals surface area contributed by atoms with Crippen molar-refractivity contribution in [2.45, 2.75) is 13.8 Å². The molecule has 0 saturated heterocycles. The van der Waals surface area contributed by atoms with Crippen molar-refractivity contribution in [2.24, 2.45) is 5.10 Å². The third kappa shape index (κ3) is 2.12. The third-order valence-electron chi connectivity index (χ3n) is 1.72. The van der Waals surface area contributed by atoms with E-state index in [1.165, 1.54) is 0 Å². The SMILES string of the molecule is CCN(C)/N=C(/C)c1ccoc1. The van der Waals surface area contributed by atoms with Crippen molar-refractivity contribution < 1.29 is 4.42 Å². The summed E-state index contributed by atoms with van der Waals surface area (Å²) in [6.07, 6.45) is 3.35. The highest BCUT2D eigenvalue weighted by molar-refractivity contribution is 5.98. The second-order valence-corrected chi connectivity index (χ2v) is 2.67. The van der Waals surface area contributed by atoms with Gasteiger partial charge in [0.2, 0.25) is 0 Å². The van der Waals surface area contributed by atoms with Crippen molar-refractivity contribution in [3.63, 3.8) is 0 Å². The monoisotopic (exact) mass is 166 g/mol. The number of rotatable bonds is 3. The van der Waals surface area contributed by atoms with Gasteiger partial charge in [-0.1, -0.05) is 0 Å². The Kier molecular flexibility index (Phi) is 2.91. The Morgan fingerprint density at radius 1 is 1.67 bits per heavy atom. The van der Waals surface area contributed by atoms with Crippen molar-refractivity contribution in [3.8, 4) is 0 Å². The summed E-state index contributed by atoms with van der Waals surface area (Å²) >= 11 is 0. The highest BCUT2D eigenvalue weighted by Gasteiger charge is 1.98. The zero-order valence-corrected chi connectivity index (χ0v) is 7.74. The summed E-state index contributed by atoms with van der Waals surface area (Å²) in [6, 6.07) is 1.91. The Morgan fingerprint density at radius 3 is 2.92 bits per heavy atom. The molecule has 0 aliphatic rings. The van der Waals surface area contributed by atoms with Gasteiger partial charge < -0.3 is 9.43 Å². The zero-order chi connectivity index (χ0) is 8.97. The van der Waals surface area contributed by atoms with Crippen LogP contribution < -0.4 is 0 Å². The molecule has 0 aromatic carbocycles. The quantitative estimate of drug-likeness (QED) is 0.507. The average Bonchev–Trinajstić information content (AvgIpc) is 2.56. The zero-order valence-electron chi connectivity index (χ0n) is 7.74. The largest absolute Gasteiger partial charge is 0.472 e. The molecule has 3 nitrogen and oxygen atoms in total. The van der Waals surface area contributed by atoms with Crippen molar-refractivity contribution in [3.05, 3.63) is 24.2 Å². The minimum Gasteiger partial charge on any atom is -0.472 e. The summed E-state index contributed by atoms with van der Waals surface area (Å²) in [5, 5.41) is 6.22. The second-order valence-electron chi connectivity index (χ2n) is 2.67. The molecule has 66 valence electrons. The fraction of sp³-hybridized carbons (Fsp3) is 0.444. The van der Waals surface area contributed by atoms with Crippen LogP contribution in [0.25, 0.3) is 0 Å². The van der Waals surface area contributed by atoms with Crippen LogP contribution in [0.3, 0.4) is 0 Å². The summed E-state index contributed by atoms with van der Waals surface area (Å²) in [6.45, 7) is 4.94. The topological polar surface area (TPSA) is 28.7 Å². The minimum absolute atomic E-state index is 0.912. The van der Waals surface area contributed by atoms with Gasteiger partial charge in [0.05, 0.1) is 18.2 Å². The van der Waals surface area contributed by atoms with Gasteiger partial charge in [0, 0.05) is 19.2 Å². The van der Waals surface area contributed by atoms with Gasteiger partial charge in [-0.25, -0.2) is 0 Å². The summed E-state index contributed by atoms with van der Waals surface area (Å²) in [5.41, 5.74) is 2.02. The molecule has 1 aromatic rings. The molecule has 1 aromatic heterocycles. The molecule has 0 aliphatic carbocycles. The summed E-state index contributed by atoms with van der Waals surface area (Å²) in [7, 11) is 1.95. The normalized spacial score (nSPS) is 11.8. The van der Waals surface area contributed by atoms with Crippen LogP contribution >= 0.6 is 0 Å². The Bertz CT molecular complexity index is 252. The lowest BCUT2D eigenvalue weighted by molar-refractivity contribution is 0.375. The molecular formula is C9H14N2O. The smallest absolute Gasteiger partial charge is 0.0993 e. The number of hydrogen-bond acceptors (Lipinski definition) is 3. The maximum Gasteiger partial charge on any atom is 0.0993 e. The van der Waals surface area contributed by atoms with E-state index in [-0.39, 0.29) is 0 Å². The van der Waals surface area contributed by atoms with E-state index < -0.39 is 0 Å². The fourth-order valence-electron chi connectivity index (χ4n) is 0.855. The van der Waals surface area contributed by atoms with Gasteiger partial charge in [-0.05, 0) is 19.9 Å². The molecule has 0 amide bonds. The van der Waals surface area contributed by atoms with E-state index in [4.69, 9.17) is 4.42 Å². The molecule has 0 aliphatic heterocycles. The van der Waals surface area contributed by atoms with E-state index >= 15 is 0 Å². The number of hydrazone groups is 1. The second kappa shape index (κ2) is 3.95. The molecule has 0 N–H and O–H groups in total. The van der Waals surface area contributed by atoms with Crippen molar-refractivity contribution in [2.75, 3.05) is 13.6 Å². The van der Waals surface area contributed by atoms with E-state index in [0.29, 0.717) is 0 Å². The van der Waals surface area contributed by atoms with Gasteiger partial charge in [-0.15, -0.1) is 0 Å². The van der Waals surface area contributed by atoms with Crippen LogP contribution in [0.4, 0.5) is 0 Å². The highest BCUT2D eigenvalue weighted by Crippen LogP contribution is 2.02. The van der Waals surface area contributed by atoms with E-state index in [2.05, 4.69) is 12.0 Å². The molecule has 0 saturated carbocycles. The number of nitrogens with zero attached hydrogens (tertiary/aromatic N) is 2. The molecule has 3 heteroatoms. The molecular weight excluding hydrogens is 152 g/mol. The molecule has 0 bridgehead atoms. The Hall–Kier alpha value is -1.25. The molecule has 1 rings (SSSR count). The molecule has 12 heavy (non-hydrogen) atoms. The number of furan rings is 1. The first-order chi connectivity index (χ1) is 5.74. The Labute approximate surface area is 72.7 Å². The van der Waals surface area contributed by atoms with Gasteiger partial charge >= 0.3 is 0 Å². The standard InChI is InChI=1S/C9H14N2O/c1-4-11(3)10-8(2)9-5-6-12-7-9/h5-7H,4H2,1-3H3/b10-8-. The van der Waals surface area contributed by atoms with E-state index in [1.807, 2.05) is 25.0 Å². The van der Waals surface area contributed by atoms with Gasteiger partial charge in [0.1, 0.15) is 0 Å². The maximum absolute atomic E-state index is 4.95. The highest BCUT2D eigenvalue weighted by atomic mass is 16.3. The van der Waals surface area contributed by atoms with Crippen molar-refractivity contribution >= 4 is 5.71 Å². The van der Waals surface area contributed by atoms with Crippen LogP contribution in [-0.2, 0) is 0 Å². The van der Waals surface area contributed by atoms with Gasteiger partial charge in [-0.2, -0.15) is 5.10 Å².